The smallest absolute Gasteiger partial charge is 0.263 e. The summed E-state index contributed by atoms with van der Waals surface area (Å²) < 4.78 is 28.1. The molecule has 0 atom stereocenters. The van der Waals surface area contributed by atoms with E-state index in [2.05, 4.69) is 32.3 Å². The molecule has 0 fully saturated rings. The number of rotatable bonds is 3. The summed E-state index contributed by atoms with van der Waals surface area (Å²) in [6.45, 7) is 3.64. The minimum absolute atomic E-state index is 0.285. The van der Waals surface area contributed by atoms with Crippen LogP contribution in [0.1, 0.15) is 11.1 Å². The summed E-state index contributed by atoms with van der Waals surface area (Å²) in [6.07, 6.45) is 1.61. The van der Waals surface area contributed by atoms with Gasteiger partial charge in [-0.25, -0.2) is 13.4 Å². The van der Waals surface area contributed by atoms with Crippen molar-refractivity contribution in [2.24, 2.45) is 0 Å². The van der Waals surface area contributed by atoms with E-state index in [1.54, 1.807) is 37.4 Å². The Hall–Kier alpha value is -1.15. The molecule has 1 aromatic carbocycles. The second kappa shape index (κ2) is 5.46. The van der Waals surface area contributed by atoms with Gasteiger partial charge in [-0.1, -0.05) is 12.1 Å². The normalized spacial score (nSPS) is 11.3. The van der Waals surface area contributed by atoms with Crippen LogP contribution < -0.4 is 4.72 Å². The van der Waals surface area contributed by atoms with Crippen molar-refractivity contribution in [1.29, 1.82) is 0 Å². The predicted octanol–water partition coefficient (Wildman–Crippen LogP) is 3.10. The number of benzene rings is 1. The Morgan fingerprint density at radius 1 is 1.16 bits per heavy atom. The molecular formula is C13H13IN2O2S. The van der Waals surface area contributed by atoms with E-state index < -0.39 is 10.0 Å². The third-order valence-electron chi connectivity index (χ3n) is 2.60. The third-order valence-corrected chi connectivity index (χ3v) is 4.73. The van der Waals surface area contributed by atoms with Crippen LogP contribution in [0.4, 0.5) is 5.82 Å². The predicted molar refractivity (Wildman–Crippen MR) is 83.7 cm³/mol. The SMILES string of the molecule is Cc1ccc(C)c(S(=O)(=O)Nc2ccc(I)cn2)c1. The average Bonchev–Trinajstić information content (AvgIpc) is 2.35. The van der Waals surface area contributed by atoms with Gasteiger partial charge in [-0.2, -0.15) is 0 Å². The number of nitrogens with one attached hydrogen (secondary N) is 1. The van der Waals surface area contributed by atoms with Gasteiger partial charge in [0.2, 0.25) is 0 Å². The molecule has 0 aliphatic rings. The van der Waals surface area contributed by atoms with Gasteiger partial charge >= 0.3 is 0 Å². The molecule has 0 amide bonds. The molecule has 0 aliphatic carbocycles. The van der Waals surface area contributed by atoms with Crippen molar-refractivity contribution in [3.8, 4) is 0 Å². The topological polar surface area (TPSA) is 59.1 Å². The molecule has 1 aromatic heterocycles. The summed E-state index contributed by atoms with van der Waals surface area (Å²) in [5, 5.41) is 0. The Morgan fingerprint density at radius 2 is 1.89 bits per heavy atom. The molecule has 0 spiro atoms. The van der Waals surface area contributed by atoms with Crippen molar-refractivity contribution in [2.45, 2.75) is 18.7 Å². The highest BCUT2D eigenvalue weighted by Crippen LogP contribution is 2.19. The molecule has 0 unspecified atom stereocenters. The van der Waals surface area contributed by atoms with Gasteiger partial charge in [0.05, 0.1) is 4.90 Å². The molecule has 0 bridgehead atoms. The maximum absolute atomic E-state index is 12.3. The van der Waals surface area contributed by atoms with Crippen LogP contribution in [0.2, 0.25) is 0 Å². The highest BCUT2D eigenvalue weighted by atomic mass is 127. The molecular weight excluding hydrogens is 375 g/mol. The maximum atomic E-state index is 12.3. The summed E-state index contributed by atoms with van der Waals surface area (Å²) in [7, 11) is -3.59. The van der Waals surface area contributed by atoms with Crippen LogP contribution in [-0.4, -0.2) is 13.4 Å². The Labute approximate surface area is 126 Å². The highest BCUT2D eigenvalue weighted by Gasteiger charge is 2.17. The molecule has 100 valence electrons. The first-order valence-corrected chi connectivity index (χ1v) is 8.16. The first kappa shape index (κ1) is 14.3. The average molecular weight is 388 g/mol. The van der Waals surface area contributed by atoms with Gasteiger partial charge in [0.1, 0.15) is 5.82 Å². The lowest BCUT2D eigenvalue weighted by Gasteiger charge is -2.10. The minimum Gasteiger partial charge on any atom is -0.263 e. The van der Waals surface area contributed by atoms with Gasteiger partial charge in [-0.05, 0) is 65.8 Å². The molecule has 0 radical (unpaired) electrons. The molecule has 0 saturated heterocycles. The number of halogens is 1. The quantitative estimate of drug-likeness (QED) is 0.823. The molecule has 1 heterocycles. The lowest BCUT2D eigenvalue weighted by Crippen LogP contribution is -2.15. The van der Waals surface area contributed by atoms with Gasteiger partial charge in [-0.3, -0.25) is 4.72 Å². The van der Waals surface area contributed by atoms with Crippen molar-refractivity contribution in [3.63, 3.8) is 0 Å². The van der Waals surface area contributed by atoms with E-state index in [1.807, 2.05) is 13.0 Å². The van der Waals surface area contributed by atoms with E-state index in [9.17, 15) is 8.42 Å². The van der Waals surface area contributed by atoms with E-state index in [0.29, 0.717) is 11.4 Å². The second-order valence-electron chi connectivity index (χ2n) is 4.24. The zero-order chi connectivity index (χ0) is 14.0. The zero-order valence-electron chi connectivity index (χ0n) is 10.5. The third kappa shape index (κ3) is 3.44. The minimum atomic E-state index is -3.59. The largest absolute Gasteiger partial charge is 0.263 e. The fraction of sp³-hybridized carbons (Fsp3) is 0.154. The van der Waals surface area contributed by atoms with Crippen molar-refractivity contribution in [1.82, 2.24) is 4.98 Å². The van der Waals surface area contributed by atoms with Crippen molar-refractivity contribution in [3.05, 3.63) is 51.2 Å². The van der Waals surface area contributed by atoms with E-state index in [-0.39, 0.29) is 4.90 Å². The Balaban J connectivity index is 2.37. The van der Waals surface area contributed by atoms with Gasteiger partial charge in [-0.15, -0.1) is 0 Å². The van der Waals surface area contributed by atoms with Gasteiger partial charge in [0.15, 0.2) is 0 Å². The lowest BCUT2D eigenvalue weighted by atomic mass is 10.2. The number of sulfonamides is 1. The number of aryl methyl sites for hydroxylation is 2. The van der Waals surface area contributed by atoms with Crippen molar-refractivity contribution >= 4 is 38.4 Å². The molecule has 2 aromatic rings. The number of hydrogen-bond donors (Lipinski definition) is 1. The van der Waals surface area contributed by atoms with Crippen molar-refractivity contribution < 1.29 is 8.42 Å². The van der Waals surface area contributed by atoms with Gasteiger partial charge < -0.3 is 0 Å². The zero-order valence-corrected chi connectivity index (χ0v) is 13.5. The number of anilines is 1. The molecule has 0 aliphatic heterocycles. The van der Waals surface area contributed by atoms with Crippen LogP contribution >= 0.6 is 22.6 Å². The molecule has 0 saturated carbocycles. The number of nitrogens with zero attached hydrogens (tertiary/aromatic N) is 1. The Bertz CT molecular complexity index is 697. The standard InChI is InChI=1S/C13H13IN2O2S/c1-9-3-4-10(2)12(7-9)19(17,18)16-13-6-5-11(14)8-15-13/h3-8H,1-2H3,(H,15,16). The number of aromatic nitrogens is 1. The molecule has 2 rings (SSSR count). The first-order chi connectivity index (χ1) is 8.88. The van der Waals surface area contributed by atoms with Crippen LogP contribution in [0.15, 0.2) is 41.4 Å². The summed E-state index contributed by atoms with van der Waals surface area (Å²) in [6, 6.07) is 8.78. The maximum Gasteiger partial charge on any atom is 0.263 e. The Morgan fingerprint density at radius 3 is 2.53 bits per heavy atom. The van der Waals surface area contributed by atoms with Crippen LogP contribution in [0.5, 0.6) is 0 Å². The molecule has 19 heavy (non-hydrogen) atoms. The monoisotopic (exact) mass is 388 g/mol. The summed E-state index contributed by atoms with van der Waals surface area (Å²) >= 11 is 2.12. The summed E-state index contributed by atoms with van der Waals surface area (Å²) in [5.41, 5.74) is 1.62. The van der Waals surface area contributed by atoms with Crippen LogP contribution in [0, 0.1) is 17.4 Å². The van der Waals surface area contributed by atoms with E-state index >= 15 is 0 Å². The summed E-state index contributed by atoms with van der Waals surface area (Å²) in [4.78, 5) is 4.33. The summed E-state index contributed by atoms with van der Waals surface area (Å²) in [5.74, 6) is 0.321. The Kier molecular flexibility index (Phi) is 4.10. The second-order valence-corrected chi connectivity index (χ2v) is 7.13. The van der Waals surface area contributed by atoms with E-state index in [1.165, 1.54) is 0 Å². The number of pyridine rings is 1. The van der Waals surface area contributed by atoms with Crippen LogP contribution in [-0.2, 0) is 10.0 Å². The molecule has 1 N–H and O–H groups in total. The van der Waals surface area contributed by atoms with Crippen LogP contribution in [0.25, 0.3) is 0 Å². The first-order valence-electron chi connectivity index (χ1n) is 5.60. The fourth-order valence-electron chi connectivity index (χ4n) is 1.63. The highest BCUT2D eigenvalue weighted by molar-refractivity contribution is 14.1. The fourth-order valence-corrected chi connectivity index (χ4v) is 3.28. The number of hydrogen-bond acceptors (Lipinski definition) is 3. The molecule has 4 nitrogen and oxygen atoms in total. The van der Waals surface area contributed by atoms with E-state index in [4.69, 9.17) is 0 Å². The van der Waals surface area contributed by atoms with Crippen molar-refractivity contribution in [2.75, 3.05) is 4.72 Å². The molecule has 6 heteroatoms. The van der Waals surface area contributed by atoms with Gasteiger partial charge in [0.25, 0.3) is 10.0 Å². The lowest BCUT2D eigenvalue weighted by molar-refractivity contribution is 0.600. The van der Waals surface area contributed by atoms with Crippen LogP contribution in [0.3, 0.4) is 0 Å². The van der Waals surface area contributed by atoms with E-state index in [0.717, 1.165) is 9.13 Å². The van der Waals surface area contributed by atoms with Gasteiger partial charge in [0, 0.05) is 9.77 Å².